The maximum Gasteiger partial charge on any atom is 0.312 e. The van der Waals surface area contributed by atoms with Gasteiger partial charge in [-0.2, -0.15) is 0 Å². The van der Waals surface area contributed by atoms with Crippen LogP contribution in [-0.4, -0.2) is 118 Å². The number of piperazine rings is 1. The molecule has 1 saturated heterocycles. The molecule has 17 heteroatoms. The van der Waals surface area contributed by atoms with Crippen molar-refractivity contribution in [2.75, 3.05) is 55.4 Å². The number of amides is 1. The van der Waals surface area contributed by atoms with Gasteiger partial charge in [-0.15, -0.1) is 6.58 Å². The number of aromatic hydroxyl groups is 3. The standard InChI is InChI=1S/C50H62N4O13/c1-11-16-53-17-19-54(20-18-53)31-22-32(56)38-34(23-31)66-47-39(51-38)35-36-43(59)29(7)46-37(35)48(61)50(9,67-46)64-21-15-33(63-10)26(4)45(65-30(8)55)28(6)42(58)27(5)41(57)24(2)13-12-14-25(3)49(62)52-40(47)44(36)60/h11-15,21-24,26-28,33,41-42,45,51,56-60H,1,16-20H2,2-10H3,(H,52,62)/b13-12+,21-15+,25-14-/t24-,26+,27+,28+,33-,41-,42+,45+,50-/m0/s1. The number of methoxy groups -OCH3 is 1. The molecule has 3 aromatic rings. The van der Waals surface area contributed by atoms with Crippen molar-refractivity contribution >= 4 is 51.2 Å². The number of phenolic OH excluding ortho intramolecular Hbond substituents is 3. The molecule has 0 saturated carbocycles. The minimum atomic E-state index is -2.05. The van der Waals surface area contributed by atoms with Crippen LogP contribution >= 0.6 is 0 Å². The van der Waals surface area contributed by atoms with Crippen LogP contribution in [0, 0.1) is 30.6 Å². The summed E-state index contributed by atoms with van der Waals surface area (Å²) in [5, 5.41) is 64.5. The minimum absolute atomic E-state index is 0.0222. The van der Waals surface area contributed by atoms with E-state index in [1.807, 2.05) is 6.08 Å². The molecule has 1 fully saturated rings. The number of Topliss-reactive ketones (excluding diaryl/α,β-unsaturated/α-hetero) is 1. The summed E-state index contributed by atoms with van der Waals surface area (Å²) in [6.07, 6.45) is 5.45. The van der Waals surface area contributed by atoms with Gasteiger partial charge >= 0.3 is 11.8 Å². The lowest BCUT2D eigenvalue weighted by Gasteiger charge is -2.38. The number of rotatable bonds is 5. The number of anilines is 4. The number of allylic oxidation sites excluding steroid dienone is 2. The van der Waals surface area contributed by atoms with Gasteiger partial charge in [0.2, 0.25) is 0 Å². The zero-order chi connectivity index (χ0) is 48.8. The molecule has 360 valence electrons. The number of ether oxygens (including phenoxy) is 5. The van der Waals surface area contributed by atoms with E-state index in [-0.39, 0.29) is 67.5 Å². The van der Waals surface area contributed by atoms with Gasteiger partial charge in [-0.05, 0) is 19.9 Å². The molecule has 9 atom stereocenters. The number of hydrogen-bond acceptors (Lipinski definition) is 16. The second-order valence-corrected chi connectivity index (χ2v) is 18.2. The molecule has 3 aromatic carbocycles. The third kappa shape index (κ3) is 9.00. The number of fused-ring (bicyclic) bond motifs is 2. The van der Waals surface area contributed by atoms with Crippen molar-refractivity contribution in [2.24, 2.45) is 23.7 Å². The molecule has 17 nitrogen and oxygen atoms in total. The van der Waals surface area contributed by atoms with Gasteiger partial charge < -0.3 is 64.8 Å². The summed E-state index contributed by atoms with van der Waals surface area (Å²) in [5.41, 5.74) is 0.733. The second kappa shape index (κ2) is 19.1. The van der Waals surface area contributed by atoms with Gasteiger partial charge in [-0.25, -0.2) is 0 Å². The highest BCUT2D eigenvalue weighted by Gasteiger charge is 2.50. The van der Waals surface area contributed by atoms with Crippen LogP contribution in [0.4, 0.5) is 22.7 Å². The van der Waals surface area contributed by atoms with E-state index < -0.39 is 83.0 Å². The summed E-state index contributed by atoms with van der Waals surface area (Å²) in [5.74, 6) is -7.84. The first-order valence-electron chi connectivity index (χ1n) is 22.5. The second-order valence-electron chi connectivity index (χ2n) is 18.2. The van der Waals surface area contributed by atoms with Crippen molar-refractivity contribution in [3.05, 3.63) is 72.1 Å². The Bertz CT molecular complexity index is 2560. The summed E-state index contributed by atoms with van der Waals surface area (Å²) < 4.78 is 30.5. The van der Waals surface area contributed by atoms with Crippen molar-refractivity contribution in [3.63, 3.8) is 0 Å². The van der Waals surface area contributed by atoms with Crippen molar-refractivity contribution in [1.29, 1.82) is 0 Å². The van der Waals surface area contributed by atoms with Crippen LogP contribution in [-0.2, 0) is 23.8 Å². The fourth-order valence-electron chi connectivity index (χ4n) is 9.52. The molecule has 1 amide bonds. The van der Waals surface area contributed by atoms with Crippen molar-refractivity contribution < 1.29 is 63.6 Å². The summed E-state index contributed by atoms with van der Waals surface area (Å²) in [7, 11) is 1.44. The smallest absolute Gasteiger partial charge is 0.312 e. The Morgan fingerprint density at radius 3 is 2.27 bits per heavy atom. The van der Waals surface area contributed by atoms with Crippen LogP contribution in [0.5, 0.6) is 34.5 Å². The van der Waals surface area contributed by atoms with E-state index in [1.165, 1.54) is 46.3 Å². The number of carbonyl (C=O) groups is 3. The van der Waals surface area contributed by atoms with Gasteiger partial charge in [0, 0.05) is 112 Å². The zero-order valence-corrected chi connectivity index (χ0v) is 39.4. The van der Waals surface area contributed by atoms with E-state index in [1.54, 1.807) is 58.9 Å². The topological polar surface area (TPSA) is 229 Å². The fraction of sp³-hybridized carbons (Fsp3) is 0.460. The van der Waals surface area contributed by atoms with Gasteiger partial charge in [0.15, 0.2) is 17.2 Å². The van der Waals surface area contributed by atoms with Gasteiger partial charge in [0.1, 0.15) is 34.7 Å². The lowest BCUT2D eigenvalue weighted by atomic mass is 9.78. The molecule has 7 N–H and O–H groups in total. The third-order valence-corrected chi connectivity index (χ3v) is 13.6. The molecule has 0 aliphatic carbocycles. The van der Waals surface area contributed by atoms with E-state index >= 15 is 0 Å². The van der Waals surface area contributed by atoms with E-state index in [2.05, 4.69) is 27.0 Å². The van der Waals surface area contributed by atoms with Crippen LogP contribution in [0.25, 0.3) is 10.8 Å². The molecular weight excluding hydrogens is 865 g/mol. The molecule has 0 spiro atoms. The van der Waals surface area contributed by atoms with Crippen LogP contribution in [0.1, 0.15) is 64.4 Å². The molecule has 0 aromatic heterocycles. The van der Waals surface area contributed by atoms with Gasteiger partial charge in [0.05, 0.1) is 41.2 Å². The maximum absolute atomic E-state index is 14.8. The number of aliphatic hydroxyl groups is 2. The van der Waals surface area contributed by atoms with Crippen LogP contribution in [0.2, 0.25) is 0 Å². The molecule has 4 bridgehead atoms. The summed E-state index contributed by atoms with van der Waals surface area (Å²) >= 11 is 0. The van der Waals surface area contributed by atoms with E-state index in [0.717, 1.165) is 19.6 Å². The number of nitrogens with zero attached hydrogens (tertiary/aromatic N) is 2. The van der Waals surface area contributed by atoms with Gasteiger partial charge in [-0.3, -0.25) is 19.3 Å². The quantitative estimate of drug-likeness (QED) is 0.0467. The largest absolute Gasteiger partial charge is 0.507 e. The highest BCUT2D eigenvalue weighted by molar-refractivity contribution is 6.25. The number of carbonyl (C=O) groups excluding carboxylic acids is 3. The van der Waals surface area contributed by atoms with E-state index in [4.69, 9.17) is 23.7 Å². The first-order valence-corrected chi connectivity index (χ1v) is 22.5. The number of esters is 1. The van der Waals surface area contributed by atoms with Crippen LogP contribution in [0.15, 0.2) is 60.9 Å². The van der Waals surface area contributed by atoms with E-state index in [9.17, 15) is 39.9 Å². The highest BCUT2D eigenvalue weighted by Crippen LogP contribution is 2.61. The zero-order valence-electron chi connectivity index (χ0n) is 39.4. The Morgan fingerprint density at radius 1 is 0.910 bits per heavy atom. The van der Waals surface area contributed by atoms with Gasteiger partial charge in [-0.1, -0.05) is 52.0 Å². The monoisotopic (exact) mass is 926 g/mol. The van der Waals surface area contributed by atoms with Crippen molar-refractivity contribution in [2.45, 2.75) is 85.6 Å². The summed E-state index contributed by atoms with van der Waals surface area (Å²) in [6.45, 7) is 20.1. The third-order valence-electron chi connectivity index (χ3n) is 13.6. The molecule has 67 heavy (non-hydrogen) atoms. The summed E-state index contributed by atoms with van der Waals surface area (Å²) in [4.78, 5) is 45.7. The van der Waals surface area contributed by atoms with Crippen LogP contribution in [0.3, 0.4) is 0 Å². The fourth-order valence-corrected chi connectivity index (χ4v) is 9.52. The Labute approximate surface area is 389 Å². The number of benzene rings is 3. The first kappa shape index (κ1) is 48.7. The predicted octanol–water partition coefficient (Wildman–Crippen LogP) is 6.91. The number of hydrogen-bond donors (Lipinski definition) is 7. The molecule has 4 heterocycles. The molecule has 0 unspecified atom stereocenters. The number of ketones is 1. The highest BCUT2D eigenvalue weighted by atomic mass is 16.7. The molecule has 7 rings (SSSR count). The van der Waals surface area contributed by atoms with Crippen LogP contribution < -0.4 is 25.0 Å². The van der Waals surface area contributed by atoms with E-state index in [0.29, 0.717) is 18.8 Å². The molecule has 4 aliphatic rings. The average molecular weight is 927 g/mol. The maximum atomic E-state index is 14.8. The predicted molar refractivity (Wildman–Crippen MR) is 252 cm³/mol. The van der Waals surface area contributed by atoms with Crippen molar-refractivity contribution in [3.8, 4) is 34.5 Å². The molecule has 0 radical (unpaired) electrons. The Hall–Kier alpha value is -6.27. The lowest BCUT2D eigenvalue weighted by Crippen LogP contribution is -2.46. The normalized spacial score (nSPS) is 29.8. The molecule has 4 aliphatic heterocycles. The van der Waals surface area contributed by atoms with Crippen molar-refractivity contribution in [1.82, 2.24) is 4.90 Å². The average Bonchev–Trinajstić information content (AvgIpc) is 3.56. The summed E-state index contributed by atoms with van der Waals surface area (Å²) in [6, 6.07) is 3.33. The minimum Gasteiger partial charge on any atom is -0.507 e. The number of phenols is 3. The Kier molecular flexibility index (Phi) is 13.9. The Balaban J connectivity index is 1.39. The number of aliphatic hydroxyl groups excluding tert-OH is 2. The van der Waals surface area contributed by atoms with Gasteiger partial charge in [0.25, 0.3) is 11.7 Å². The number of nitrogens with one attached hydrogen (secondary N) is 2. The first-order chi connectivity index (χ1) is 31.7. The SMILES string of the molecule is C=CCN1CCN(c2cc(O)c3c(c2)Oc2c4c(O)c5c(O)c(C)c6c(c5c2N3)C(=O)[C@@](C)(O/C=C/[C@H](OC)[C@@H](C)[C@@H](OC(C)=O)[C@H](C)[C@H](O)[C@H](C)[C@@H](O)[C@@H](C)/C=C/C=C(/C)C(=O)N4)O6)CC1. The Morgan fingerprint density at radius 2 is 1.61 bits per heavy atom. The lowest BCUT2D eigenvalue weighted by molar-refractivity contribution is -0.160. The molecular formula is C50H62N4O13.